The Morgan fingerprint density at radius 2 is 2.25 bits per heavy atom. The highest BCUT2D eigenvalue weighted by Gasteiger charge is 2.07. The predicted octanol–water partition coefficient (Wildman–Crippen LogP) is 2.29. The Kier molecular flexibility index (Phi) is 1.50. The fourth-order valence-corrected chi connectivity index (χ4v) is 1.28. The summed E-state index contributed by atoms with van der Waals surface area (Å²) < 4.78 is 5.38. The average Bonchev–Trinajstić information content (AvgIpc) is 2.58. The summed E-state index contributed by atoms with van der Waals surface area (Å²) in [5.74, 6) is 2.69. The Hall–Kier alpha value is -1.51. The van der Waals surface area contributed by atoms with Gasteiger partial charge in [0.2, 0.25) is 0 Å². The molecule has 2 aromatic heterocycles. The van der Waals surface area contributed by atoms with Crippen LogP contribution in [0.25, 0.3) is 11.4 Å². The summed E-state index contributed by atoms with van der Waals surface area (Å²) in [6, 6.07) is 1.98. The summed E-state index contributed by atoms with van der Waals surface area (Å²) in [4.78, 5) is 7.18. The Labute approximate surface area is 70.4 Å². The molecule has 0 spiro atoms. The SMILES string of the molecule is Cc1cc(-c2ncc[nH]2)c(C)o1. The molecule has 2 aromatic rings. The smallest absolute Gasteiger partial charge is 0.140 e. The van der Waals surface area contributed by atoms with Gasteiger partial charge >= 0.3 is 0 Å². The van der Waals surface area contributed by atoms with Crippen molar-refractivity contribution < 1.29 is 4.42 Å². The number of hydrogen-bond donors (Lipinski definition) is 1. The van der Waals surface area contributed by atoms with Gasteiger partial charge < -0.3 is 9.40 Å². The van der Waals surface area contributed by atoms with Gasteiger partial charge in [-0.25, -0.2) is 4.98 Å². The van der Waals surface area contributed by atoms with Crippen LogP contribution in [0.1, 0.15) is 11.5 Å². The maximum absolute atomic E-state index is 5.38. The second kappa shape index (κ2) is 2.52. The molecule has 12 heavy (non-hydrogen) atoms. The molecule has 0 aliphatic carbocycles. The van der Waals surface area contributed by atoms with E-state index in [4.69, 9.17) is 4.42 Å². The third-order valence-corrected chi connectivity index (χ3v) is 1.79. The van der Waals surface area contributed by atoms with Gasteiger partial charge in [0.05, 0.1) is 5.56 Å². The van der Waals surface area contributed by atoms with Gasteiger partial charge in [-0.05, 0) is 19.9 Å². The summed E-state index contributed by atoms with van der Waals surface area (Å²) in [5.41, 5.74) is 1.04. The molecular formula is C9H10N2O. The molecule has 2 rings (SSSR count). The number of hydrogen-bond acceptors (Lipinski definition) is 2. The van der Waals surface area contributed by atoms with E-state index in [1.54, 1.807) is 12.4 Å². The first-order valence-electron chi connectivity index (χ1n) is 3.84. The standard InChI is InChI=1S/C9H10N2O/c1-6-5-8(7(2)12-6)9-10-3-4-11-9/h3-5H,1-2H3,(H,10,11). The van der Waals surface area contributed by atoms with E-state index in [9.17, 15) is 0 Å². The number of aromatic amines is 1. The minimum atomic E-state index is 0.865. The summed E-state index contributed by atoms with van der Waals surface area (Å²) in [7, 11) is 0. The lowest BCUT2D eigenvalue weighted by molar-refractivity contribution is 0.505. The molecule has 0 aliphatic heterocycles. The molecule has 0 aromatic carbocycles. The zero-order valence-electron chi connectivity index (χ0n) is 7.09. The molecule has 0 fully saturated rings. The molecule has 0 amide bonds. The van der Waals surface area contributed by atoms with Gasteiger partial charge in [0.1, 0.15) is 17.3 Å². The molecule has 0 radical (unpaired) electrons. The molecule has 0 saturated carbocycles. The Bertz CT molecular complexity index is 373. The number of nitrogens with zero attached hydrogens (tertiary/aromatic N) is 1. The average molecular weight is 162 g/mol. The summed E-state index contributed by atoms with van der Waals surface area (Å²) >= 11 is 0. The molecule has 0 bridgehead atoms. The third-order valence-electron chi connectivity index (χ3n) is 1.79. The van der Waals surface area contributed by atoms with Crippen LogP contribution in [0, 0.1) is 13.8 Å². The van der Waals surface area contributed by atoms with Crippen LogP contribution >= 0.6 is 0 Å². The molecule has 0 unspecified atom stereocenters. The monoisotopic (exact) mass is 162 g/mol. The van der Waals surface area contributed by atoms with Gasteiger partial charge in [-0.2, -0.15) is 0 Å². The topological polar surface area (TPSA) is 41.8 Å². The van der Waals surface area contributed by atoms with Crippen molar-refractivity contribution in [1.29, 1.82) is 0 Å². The molecule has 0 aliphatic rings. The van der Waals surface area contributed by atoms with Crippen molar-refractivity contribution in [1.82, 2.24) is 9.97 Å². The van der Waals surface area contributed by atoms with E-state index >= 15 is 0 Å². The van der Waals surface area contributed by atoms with Crippen LogP contribution in [0.4, 0.5) is 0 Å². The highest BCUT2D eigenvalue weighted by Crippen LogP contribution is 2.22. The fourth-order valence-electron chi connectivity index (χ4n) is 1.28. The van der Waals surface area contributed by atoms with Crippen molar-refractivity contribution in [2.75, 3.05) is 0 Å². The van der Waals surface area contributed by atoms with Crippen LogP contribution in [0.15, 0.2) is 22.9 Å². The zero-order chi connectivity index (χ0) is 8.55. The van der Waals surface area contributed by atoms with E-state index in [1.807, 2.05) is 19.9 Å². The molecule has 0 saturated heterocycles. The quantitative estimate of drug-likeness (QED) is 0.699. The first-order chi connectivity index (χ1) is 5.77. The van der Waals surface area contributed by atoms with Crippen LogP contribution in [0.3, 0.4) is 0 Å². The number of H-pyrrole nitrogens is 1. The zero-order valence-corrected chi connectivity index (χ0v) is 7.09. The van der Waals surface area contributed by atoms with Crippen molar-refractivity contribution in [3.8, 4) is 11.4 Å². The number of aromatic nitrogens is 2. The molecular weight excluding hydrogens is 152 g/mol. The first-order valence-corrected chi connectivity index (χ1v) is 3.84. The fraction of sp³-hybridized carbons (Fsp3) is 0.222. The van der Waals surface area contributed by atoms with Gasteiger partial charge in [-0.1, -0.05) is 0 Å². The molecule has 3 heteroatoms. The normalized spacial score (nSPS) is 10.5. The third kappa shape index (κ3) is 1.03. The van der Waals surface area contributed by atoms with E-state index in [0.717, 1.165) is 22.9 Å². The Morgan fingerprint density at radius 3 is 2.75 bits per heavy atom. The van der Waals surface area contributed by atoms with E-state index in [2.05, 4.69) is 9.97 Å². The van der Waals surface area contributed by atoms with Gasteiger partial charge in [-0.15, -0.1) is 0 Å². The Balaban J connectivity index is 2.54. The number of rotatable bonds is 1. The van der Waals surface area contributed by atoms with Crippen LogP contribution in [0.5, 0.6) is 0 Å². The Morgan fingerprint density at radius 1 is 1.42 bits per heavy atom. The van der Waals surface area contributed by atoms with Crippen molar-refractivity contribution in [3.05, 3.63) is 30.0 Å². The lowest BCUT2D eigenvalue weighted by Gasteiger charge is -1.90. The number of aryl methyl sites for hydroxylation is 2. The largest absolute Gasteiger partial charge is 0.466 e. The summed E-state index contributed by atoms with van der Waals surface area (Å²) in [5, 5.41) is 0. The predicted molar refractivity (Wildman–Crippen MR) is 45.8 cm³/mol. The maximum atomic E-state index is 5.38. The lowest BCUT2D eigenvalue weighted by Crippen LogP contribution is -1.78. The number of nitrogens with one attached hydrogen (secondary N) is 1. The molecule has 1 N–H and O–H groups in total. The van der Waals surface area contributed by atoms with Crippen LogP contribution in [-0.4, -0.2) is 9.97 Å². The van der Waals surface area contributed by atoms with Crippen molar-refractivity contribution in [2.45, 2.75) is 13.8 Å². The lowest BCUT2D eigenvalue weighted by atomic mass is 10.2. The van der Waals surface area contributed by atoms with E-state index < -0.39 is 0 Å². The maximum Gasteiger partial charge on any atom is 0.140 e. The van der Waals surface area contributed by atoms with Crippen molar-refractivity contribution >= 4 is 0 Å². The van der Waals surface area contributed by atoms with E-state index in [0.29, 0.717) is 0 Å². The second-order valence-electron chi connectivity index (χ2n) is 2.76. The van der Waals surface area contributed by atoms with E-state index in [1.165, 1.54) is 0 Å². The number of furan rings is 1. The highest BCUT2D eigenvalue weighted by molar-refractivity contribution is 5.57. The highest BCUT2D eigenvalue weighted by atomic mass is 16.3. The molecule has 0 atom stereocenters. The first kappa shape index (κ1) is 7.16. The summed E-state index contributed by atoms with van der Waals surface area (Å²) in [6.07, 6.45) is 3.54. The van der Waals surface area contributed by atoms with Gasteiger partial charge in [0.25, 0.3) is 0 Å². The number of imidazole rings is 1. The minimum Gasteiger partial charge on any atom is -0.466 e. The van der Waals surface area contributed by atoms with Crippen molar-refractivity contribution in [2.24, 2.45) is 0 Å². The van der Waals surface area contributed by atoms with Gasteiger partial charge in [-0.3, -0.25) is 0 Å². The van der Waals surface area contributed by atoms with Gasteiger partial charge in [0.15, 0.2) is 0 Å². The van der Waals surface area contributed by atoms with Crippen molar-refractivity contribution in [3.63, 3.8) is 0 Å². The molecule has 3 nitrogen and oxygen atoms in total. The molecule has 62 valence electrons. The van der Waals surface area contributed by atoms with Crippen LogP contribution in [0.2, 0.25) is 0 Å². The van der Waals surface area contributed by atoms with E-state index in [-0.39, 0.29) is 0 Å². The molecule has 2 heterocycles. The van der Waals surface area contributed by atoms with Crippen LogP contribution in [-0.2, 0) is 0 Å². The van der Waals surface area contributed by atoms with Crippen LogP contribution < -0.4 is 0 Å². The minimum absolute atomic E-state index is 0.865. The second-order valence-corrected chi connectivity index (χ2v) is 2.76. The summed E-state index contributed by atoms with van der Waals surface area (Å²) in [6.45, 7) is 3.87. The van der Waals surface area contributed by atoms with Gasteiger partial charge in [0, 0.05) is 12.4 Å².